The molecule has 0 radical (unpaired) electrons. The predicted molar refractivity (Wildman–Crippen MR) is 80.0 cm³/mol. The number of hydrogen-bond acceptors (Lipinski definition) is 9. The highest BCUT2D eigenvalue weighted by Gasteiger charge is 2.26. The van der Waals surface area contributed by atoms with Gasteiger partial charge in [-0.1, -0.05) is 0 Å². The van der Waals surface area contributed by atoms with Gasteiger partial charge in [0.2, 0.25) is 5.82 Å². The molecular formula is C13H16N4O6. The number of nitrogens with zero attached hydrogens (tertiary/aromatic N) is 4. The van der Waals surface area contributed by atoms with Crippen LogP contribution < -0.4 is 5.01 Å². The van der Waals surface area contributed by atoms with Crippen molar-refractivity contribution < 1.29 is 24.0 Å². The molecule has 0 aliphatic heterocycles. The molecule has 0 aliphatic rings. The van der Waals surface area contributed by atoms with E-state index in [1.807, 2.05) is 0 Å². The highest BCUT2D eigenvalue weighted by Crippen LogP contribution is 2.23. The van der Waals surface area contributed by atoms with Gasteiger partial charge in [-0.05, 0) is 19.9 Å². The molecule has 0 bridgehead atoms. The van der Waals surface area contributed by atoms with E-state index in [9.17, 15) is 19.7 Å². The molecule has 0 spiro atoms. The number of hydrazone groups is 1. The van der Waals surface area contributed by atoms with Gasteiger partial charge in [-0.15, -0.1) is 0 Å². The number of carbonyl (C=O) groups is 2. The maximum atomic E-state index is 11.8. The minimum atomic E-state index is -0.989. The van der Waals surface area contributed by atoms with Gasteiger partial charge < -0.3 is 9.47 Å². The Kier molecular flexibility index (Phi) is 6.59. The van der Waals surface area contributed by atoms with Gasteiger partial charge in [0, 0.05) is 19.3 Å². The number of esters is 2. The average molecular weight is 324 g/mol. The molecule has 124 valence electrons. The zero-order valence-corrected chi connectivity index (χ0v) is 12.9. The molecule has 1 rings (SSSR count). The topological polar surface area (TPSA) is 124 Å². The van der Waals surface area contributed by atoms with Crippen molar-refractivity contribution in [3.05, 3.63) is 28.4 Å². The zero-order valence-electron chi connectivity index (χ0n) is 12.9. The Balaban J connectivity index is 3.22. The van der Waals surface area contributed by atoms with Crippen molar-refractivity contribution in [2.45, 2.75) is 13.8 Å². The molecule has 1 heterocycles. The molecule has 10 nitrogen and oxygen atoms in total. The lowest BCUT2D eigenvalue weighted by Crippen LogP contribution is -2.31. The van der Waals surface area contributed by atoms with E-state index in [2.05, 4.69) is 10.1 Å². The van der Waals surface area contributed by atoms with Crippen LogP contribution in [-0.2, 0) is 19.1 Å². The summed E-state index contributed by atoms with van der Waals surface area (Å²) >= 11 is 0. The van der Waals surface area contributed by atoms with Crippen molar-refractivity contribution >= 4 is 29.2 Å². The van der Waals surface area contributed by atoms with Gasteiger partial charge in [0.25, 0.3) is 5.71 Å². The highest BCUT2D eigenvalue weighted by molar-refractivity contribution is 6.62. The number of aromatic nitrogens is 1. The van der Waals surface area contributed by atoms with E-state index >= 15 is 0 Å². The second-order valence-electron chi connectivity index (χ2n) is 4.02. The van der Waals surface area contributed by atoms with E-state index in [1.165, 1.54) is 25.4 Å². The summed E-state index contributed by atoms with van der Waals surface area (Å²) in [6.45, 7) is 3.19. The first-order chi connectivity index (χ1) is 10.9. The predicted octanol–water partition coefficient (Wildman–Crippen LogP) is 0.908. The van der Waals surface area contributed by atoms with Crippen molar-refractivity contribution in [2.24, 2.45) is 5.10 Å². The Morgan fingerprint density at radius 1 is 1.30 bits per heavy atom. The number of anilines is 1. The molecular weight excluding hydrogens is 308 g/mol. The molecule has 0 saturated carbocycles. The summed E-state index contributed by atoms with van der Waals surface area (Å²) in [5.41, 5.74) is -0.957. The fourth-order valence-electron chi connectivity index (χ4n) is 1.54. The molecule has 0 N–H and O–H groups in total. The van der Waals surface area contributed by atoms with Crippen LogP contribution in [0.1, 0.15) is 13.8 Å². The lowest BCUT2D eigenvalue weighted by atomic mass is 10.3. The maximum Gasteiger partial charge on any atom is 0.366 e. The Morgan fingerprint density at radius 2 is 1.87 bits per heavy atom. The Labute approximate surface area is 131 Å². The van der Waals surface area contributed by atoms with Gasteiger partial charge in [0.15, 0.2) is 0 Å². The monoisotopic (exact) mass is 324 g/mol. The molecule has 1 aromatic heterocycles. The van der Waals surface area contributed by atoms with Gasteiger partial charge in [-0.25, -0.2) is 19.6 Å². The molecule has 1 aromatic rings. The van der Waals surface area contributed by atoms with Crippen LogP contribution in [0.15, 0.2) is 23.4 Å². The first-order valence-electron chi connectivity index (χ1n) is 6.68. The lowest BCUT2D eigenvalue weighted by molar-refractivity contribution is -0.384. The standard InChI is InChI=1S/C13H16N4O6/c1-4-22-12(18)10(13(19)23-5-2)15-16(3)11-9(17(20)21)7-6-8-14-11/h6-8H,4-5H2,1-3H3. The van der Waals surface area contributed by atoms with Gasteiger partial charge >= 0.3 is 17.6 Å². The summed E-state index contributed by atoms with van der Waals surface area (Å²) in [5, 5.41) is 15.7. The Bertz CT molecular complexity index is 611. The summed E-state index contributed by atoms with van der Waals surface area (Å²) in [6.07, 6.45) is 1.32. The van der Waals surface area contributed by atoms with Crippen LogP contribution in [0.3, 0.4) is 0 Å². The molecule has 0 atom stereocenters. The van der Waals surface area contributed by atoms with E-state index in [1.54, 1.807) is 13.8 Å². The Morgan fingerprint density at radius 3 is 2.35 bits per heavy atom. The molecule has 0 aromatic carbocycles. The smallest absolute Gasteiger partial charge is 0.366 e. The summed E-state index contributed by atoms with van der Waals surface area (Å²) in [4.78, 5) is 37.8. The average Bonchev–Trinajstić information content (AvgIpc) is 2.52. The van der Waals surface area contributed by atoms with Gasteiger partial charge in [0.1, 0.15) is 0 Å². The molecule has 23 heavy (non-hydrogen) atoms. The van der Waals surface area contributed by atoms with E-state index in [-0.39, 0.29) is 24.7 Å². The second kappa shape index (κ2) is 8.41. The lowest BCUT2D eigenvalue weighted by Gasteiger charge is -2.13. The van der Waals surface area contributed by atoms with Crippen LogP contribution in [0.2, 0.25) is 0 Å². The van der Waals surface area contributed by atoms with Crippen molar-refractivity contribution in [1.29, 1.82) is 0 Å². The molecule has 0 fully saturated rings. The fraction of sp³-hybridized carbons (Fsp3) is 0.385. The largest absolute Gasteiger partial charge is 0.461 e. The number of rotatable bonds is 7. The Hall–Kier alpha value is -3.04. The van der Waals surface area contributed by atoms with Gasteiger partial charge in [-0.3, -0.25) is 10.1 Å². The fourth-order valence-corrected chi connectivity index (χ4v) is 1.54. The third-order valence-corrected chi connectivity index (χ3v) is 2.46. The summed E-state index contributed by atoms with van der Waals surface area (Å²) in [7, 11) is 1.31. The number of carbonyl (C=O) groups excluding carboxylic acids is 2. The minimum absolute atomic E-state index is 0.0324. The van der Waals surface area contributed by atoms with E-state index < -0.39 is 22.6 Å². The van der Waals surface area contributed by atoms with E-state index in [0.717, 1.165) is 5.01 Å². The van der Waals surface area contributed by atoms with Gasteiger partial charge in [0.05, 0.1) is 18.1 Å². The van der Waals surface area contributed by atoms with Crippen LogP contribution in [0.5, 0.6) is 0 Å². The molecule has 0 saturated heterocycles. The van der Waals surface area contributed by atoms with Gasteiger partial charge in [-0.2, -0.15) is 5.10 Å². The van der Waals surface area contributed by atoms with Crippen molar-refractivity contribution in [2.75, 3.05) is 25.3 Å². The molecule has 10 heteroatoms. The minimum Gasteiger partial charge on any atom is -0.461 e. The maximum absolute atomic E-state index is 11.8. The van der Waals surface area contributed by atoms with E-state index in [0.29, 0.717) is 0 Å². The summed E-state index contributed by atoms with van der Waals surface area (Å²) < 4.78 is 9.47. The SMILES string of the molecule is CCOC(=O)C(=NN(C)c1ncccc1[N+](=O)[O-])C(=O)OCC. The van der Waals surface area contributed by atoms with Crippen molar-refractivity contribution in [1.82, 2.24) is 4.98 Å². The summed E-state index contributed by atoms with van der Waals surface area (Å²) in [6, 6.07) is 2.61. The van der Waals surface area contributed by atoms with Crippen LogP contribution in [0.25, 0.3) is 0 Å². The third-order valence-electron chi connectivity index (χ3n) is 2.46. The van der Waals surface area contributed by atoms with Crippen LogP contribution in [-0.4, -0.2) is 47.8 Å². The van der Waals surface area contributed by atoms with E-state index in [4.69, 9.17) is 9.47 Å². The molecule has 0 unspecified atom stereocenters. The molecule has 0 aliphatic carbocycles. The number of pyridine rings is 1. The second-order valence-corrected chi connectivity index (χ2v) is 4.02. The first kappa shape index (κ1) is 18.0. The highest BCUT2D eigenvalue weighted by atomic mass is 16.6. The first-order valence-corrected chi connectivity index (χ1v) is 6.68. The summed E-state index contributed by atoms with van der Waals surface area (Å²) in [5.74, 6) is -2.11. The number of hydrogen-bond donors (Lipinski definition) is 0. The number of ether oxygens (including phenoxy) is 2. The van der Waals surface area contributed by atoms with Crippen LogP contribution in [0, 0.1) is 10.1 Å². The van der Waals surface area contributed by atoms with Crippen LogP contribution in [0.4, 0.5) is 11.5 Å². The van der Waals surface area contributed by atoms with Crippen molar-refractivity contribution in [3.63, 3.8) is 0 Å². The van der Waals surface area contributed by atoms with Crippen molar-refractivity contribution in [3.8, 4) is 0 Å². The third kappa shape index (κ3) is 4.73. The number of nitro groups is 1. The van der Waals surface area contributed by atoms with Crippen LogP contribution >= 0.6 is 0 Å². The zero-order chi connectivity index (χ0) is 17.4. The quantitative estimate of drug-likeness (QED) is 0.238. The normalized spacial score (nSPS) is 9.70. The molecule has 0 amide bonds.